The zero-order valence-electron chi connectivity index (χ0n) is 13.3. The van der Waals surface area contributed by atoms with Crippen LogP contribution in [-0.2, 0) is 16.0 Å². The van der Waals surface area contributed by atoms with Gasteiger partial charge < -0.3 is 4.74 Å². The van der Waals surface area contributed by atoms with Crippen LogP contribution < -0.4 is 5.32 Å². The lowest BCUT2D eigenvalue weighted by Crippen LogP contribution is -2.07. The number of ether oxygens (including phenoxy) is 1. The molecule has 0 fully saturated rings. The van der Waals surface area contributed by atoms with Gasteiger partial charge in [-0.2, -0.15) is 0 Å². The Kier molecular flexibility index (Phi) is 6.72. The van der Waals surface area contributed by atoms with Crippen molar-refractivity contribution < 1.29 is 9.53 Å². The summed E-state index contributed by atoms with van der Waals surface area (Å²) in [4.78, 5) is 16.2. The standard InChI is InChI=1S/C18H20N2O2S/c1-3-4-5-6-17(21)20-18-19-16(13-23-18)15-9-7-14(8-10-15)11-12-22-2/h3-10,13H,11-12H2,1-2H3,(H,19,20,21). The number of hydrogen-bond donors (Lipinski definition) is 1. The number of carbonyl (C=O) groups excluding carboxylic acids is 1. The number of rotatable bonds is 7. The number of amides is 1. The molecule has 0 aliphatic rings. The molecule has 0 atom stereocenters. The van der Waals surface area contributed by atoms with Gasteiger partial charge >= 0.3 is 0 Å². The van der Waals surface area contributed by atoms with E-state index in [2.05, 4.69) is 22.4 Å². The fraction of sp³-hybridized carbons (Fsp3) is 0.222. The summed E-state index contributed by atoms with van der Waals surface area (Å²) in [6, 6.07) is 8.23. The van der Waals surface area contributed by atoms with Crippen molar-refractivity contribution in [3.8, 4) is 11.3 Å². The van der Waals surface area contributed by atoms with E-state index in [-0.39, 0.29) is 5.91 Å². The highest BCUT2D eigenvalue weighted by Gasteiger charge is 2.06. The summed E-state index contributed by atoms with van der Waals surface area (Å²) in [6.45, 7) is 2.61. The molecule has 1 aromatic heterocycles. The molecule has 23 heavy (non-hydrogen) atoms. The number of carbonyl (C=O) groups is 1. The lowest BCUT2D eigenvalue weighted by Gasteiger charge is -2.02. The van der Waals surface area contributed by atoms with Crippen molar-refractivity contribution in [3.05, 3.63) is 59.5 Å². The van der Waals surface area contributed by atoms with Crippen LogP contribution in [0, 0.1) is 0 Å². The number of allylic oxidation sites excluding steroid dienone is 3. The van der Waals surface area contributed by atoms with Gasteiger partial charge in [-0.25, -0.2) is 4.98 Å². The molecule has 0 spiro atoms. The summed E-state index contributed by atoms with van der Waals surface area (Å²) < 4.78 is 5.08. The second-order valence-electron chi connectivity index (χ2n) is 4.85. The summed E-state index contributed by atoms with van der Waals surface area (Å²) in [7, 11) is 1.70. The maximum absolute atomic E-state index is 11.7. The van der Waals surface area contributed by atoms with Gasteiger partial charge in [-0.3, -0.25) is 10.1 Å². The Bertz CT molecular complexity index is 687. The highest BCUT2D eigenvalue weighted by molar-refractivity contribution is 7.14. The number of thiazole rings is 1. The number of hydrogen-bond acceptors (Lipinski definition) is 4. The molecular formula is C18H20N2O2S. The zero-order valence-corrected chi connectivity index (χ0v) is 14.1. The number of methoxy groups -OCH3 is 1. The molecule has 4 nitrogen and oxygen atoms in total. The van der Waals surface area contributed by atoms with Crippen molar-refractivity contribution >= 4 is 22.4 Å². The van der Waals surface area contributed by atoms with Crippen LogP contribution in [0.25, 0.3) is 11.3 Å². The Morgan fingerprint density at radius 2 is 2.09 bits per heavy atom. The van der Waals surface area contributed by atoms with Crippen LogP contribution in [-0.4, -0.2) is 24.6 Å². The SMILES string of the molecule is CC=CC=CC(=O)Nc1nc(-c2ccc(CCOC)cc2)cs1. The highest BCUT2D eigenvalue weighted by atomic mass is 32.1. The maximum atomic E-state index is 11.7. The van der Waals surface area contributed by atoms with Gasteiger partial charge in [-0.15, -0.1) is 11.3 Å². The Balaban J connectivity index is 1.99. The third-order valence-corrected chi connectivity index (χ3v) is 3.89. The summed E-state index contributed by atoms with van der Waals surface area (Å²) in [5.74, 6) is -0.182. The Morgan fingerprint density at radius 1 is 1.30 bits per heavy atom. The molecular weight excluding hydrogens is 308 g/mol. The van der Waals surface area contributed by atoms with E-state index in [0.717, 1.165) is 17.7 Å². The predicted octanol–water partition coefficient (Wildman–Crippen LogP) is 4.07. The molecule has 1 heterocycles. The normalized spacial score (nSPS) is 11.4. The predicted molar refractivity (Wildman–Crippen MR) is 95.7 cm³/mol. The van der Waals surface area contributed by atoms with Crippen molar-refractivity contribution in [3.63, 3.8) is 0 Å². The van der Waals surface area contributed by atoms with E-state index in [4.69, 9.17) is 4.74 Å². The highest BCUT2D eigenvalue weighted by Crippen LogP contribution is 2.25. The third-order valence-electron chi connectivity index (χ3n) is 3.13. The van der Waals surface area contributed by atoms with Crippen LogP contribution in [0.15, 0.2) is 53.9 Å². The maximum Gasteiger partial charge on any atom is 0.250 e. The zero-order chi connectivity index (χ0) is 16.5. The molecule has 0 unspecified atom stereocenters. The first kappa shape index (κ1) is 17.1. The fourth-order valence-corrected chi connectivity index (χ4v) is 2.65. The van der Waals surface area contributed by atoms with Gasteiger partial charge in [0.25, 0.3) is 0 Å². The molecule has 0 bridgehead atoms. The van der Waals surface area contributed by atoms with Crippen LogP contribution in [0.4, 0.5) is 5.13 Å². The lowest BCUT2D eigenvalue weighted by atomic mass is 10.1. The van der Waals surface area contributed by atoms with Gasteiger partial charge in [0.15, 0.2) is 5.13 Å². The average Bonchev–Trinajstić information content (AvgIpc) is 3.02. The molecule has 0 aliphatic carbocycles. The number of benzene rings is 1. The van der Waals surface area contributed by atoms with Crippen molar-refractivity contribution in [1.82, 2.24) is 4.98 Å². The number of nitrogens with one attached hydrogen (secondary N) is 1. The average molecular weight is 328 g/mol. The van der Waals surface area contributed by atoms with Crippen molar-refractivity contribution in [2.45, 2.75) is 13.3 Å². The summed E-state index contributed by atoms with van der Waals surface area (Å²) in [5, 5.41) is 5.30. The Morgan fingerprint density at radius 3 is 2.78 bits per heavy atom. The van der Waals surface area contributed by atoms with Crippen molar-refractivity contribution in [1.29, 1.82) is 0 Å². The second kappa shape index (κ2) is 9.02. The molecule has 2 aromatic rings. The third kappa shape index (κ3) is 5.47. The van der Waals surface area contributed by atoms with Gasteiger partial charge in [-0.05, 0) is 18.9 Å². The quantitative estimate of drug-likeness (QED) is 0.616. The van der Waals surface area contributed by atoms with E-state index < -0.39 is 0 Å². The molecule has 1 amide bonds. The van der Waals surface area contributed by atoms with Gasteiger partial charge in [0.1, 0.15) is 0 Å². The first-order valence-corrected chi connectivity index (χ1v) is 8.25. The molecule has 0 radical (unpaired) electrons. The molecule has 0 saturated heterocycles. The Hall–Kier alpha value is -2.24. The van der Waals surface area contributed by atoms with E-state index in [1.54, 1.807) is 19.3 Å². The first-order chi connectivity index (χ1) is 11.2. The van der Waals surface area contributed by atoms with E-state index in [1.165, 1.54) is 23.0 Å². The van der Waals surface area contributed by atoms with Crippen LogP contribution in [0.1, 0.15) is 12.5 Å². The molecule has 2 rings (SSSR count). The van der Waals surface area contributed by atoms with E-state index in [0.29, 0.717) is 11.7 Å². The minimum absolute atomic E-state index is 0.182. The van der Waals surface area contributed by atoms with Gasteiger partial charge in [-0.1, -0.05) is 42.5 Å². The second-order valence-corrected chi connectivity index (χ2v) is 5.71. The fourth-order valence-electron chi connectivity index (χ4n) is 1.93. The van der Waals surface area contributed by atoms with Crippen molar-refractivity contribution in [2.24, 2.45) is 0 Å². The minimum Gasteiger partial charge on any atom is -0.384 e. The van der Waals surface area contributed by atoms with Gasteiger partial charge in [0.2, 0.25) is 5.91 Å². The number of anilines is 1. The largest absolute Gasteiger partial charge is 0.384 e. The molecule has 1 aromatic carbocycles. The molecule has 0 aliphatic heterocycles. The topological polar surface area (TPSA) is 51.2 Å². The van der Waals surface area contributed by atoms with Crippen LogP contribution in [0.3, 0.4) is 0 Å². The molecule has 1 N–H and O–H groups in total. The molecule has 120 valence electrons. The van der Waals surface area contributed by atoms with Gasteiger partial charge in [0.05, 0.1) is 12.3 Å². The van der Waals surface area contributed by atoms with E-state index in [1.807, 2.05) is 30.5 Å². The smallest absolute Gasteiger partial charge is 0.250 e. The van der Waals surface area contributed by atoms with Crippen molar-refractivity contribution in [2.75, 3.05) is 19.0 Å². The van der Waals surface area contributed by atoms with Gasteiger partial charge in [0, 0.05) is 24.1 Å². The minimum atomic E-state index is -0.182. The first-order valence-electron chi connectivity index (χ1n) is 7.37. The van der Waals surface area contributed by atoms with Crippen LogP contribution in [0.2, 0.25) is 0 Å². The van der Waals surface area contributed by atoms with E-state index in [9.17, 15) is 4.79 Å². The Labute approximate surface area is 140 Å². The lowest BCUT2D eigenvalue weighted by molar-refractivity contribution is -0.111. The van der Waals surface area contributed by atoms with Crippen LogP contribution >= 0.6 is 11.3 Å². The molecule has 0 saturated carbocycles. The number of nitrogens with zero attached hydrogens (tertiary/aromatic N) is 1. The monoisotopic (exact) mass is 328 g/mol. The summed E-state index contributed by atoms with van der Waals surface area (Å²) in [5.41, 5.74) is 3.13. The molecule has 5 heteroatoms. The summed E-state index contributed by atoms with van der Waals surface area (Å²) in [6.07, 6.45) is 7.74. The van der Waals surface area contributed by atoms with Crippen LogP contribution in [0.5, 0.6) is 0 Å². The van der Waals surface area contributed by atoms with E-state index >= 15 is 0 Å². The number of aromatic nitrogens is 1. The summed E-state index contributed by atoms with van der Waals surface area (Å²) >= 11 is 1.42.